The second kappa shape index (κ2) is 5.68. The maximum absolute atomic E-state index is 14.0. The van der Waals surface area contributed by atoms with Gasteiger partial charge in [-0.05, 0) is 18.9 Å². The highest BCUT2D eigenvalue weighted by molar-refractivity contribution is 5.95. The fraction of sp³-hybridized carbons (Fsp3) is 0.400. The fourth-order valence-electron chi connectivity index (χ4n) is 2.72. The number of benzene rings is 1. The number of alkyl halides is 2. The molecular formula is C15H14F3N3O2. The predicted octanol–water partition coefficient (Wildman–Crippen LogP) is 2.83. The van der Waals surface area contributed by atoms with E-state index in [2.05, 4.69) is 15.3 Å². The second-order valence-corrected chi connectivity index (χ2v) is 5.70. The maximum atomic E-state index is 14.0. The Morgan fingerprint density at radius 3 is 2.70 bits per heavy atom. The molecule has 0 aliphatic heterocycles. The van der Waals surface area contributed by atoms with Crippen molar-refractivity contribution in [1.82, 2.24) is 9.97 Å². The number of hydrogen-bond acceptors (Lipinski definition) is 3. The molecule has 1 aliphatic rings. The van der Waals surface area contributed by atoms with Crippen molar-refractivity contribution in [3.05, 3.63) is 34.6 Å². The van der Waals surface area contributed by atoms with Gasteiger partial charge in [0.2, 0.25) is 11.8 Å². The molecule has 1 aliphatic carbocycles. The number of carbonyl (C=O) groups excluding carboxylic acids is 1. The molecule has 1 heterocycles. The molecule has 23 heavy (non-hydrogen) atoms. The molecule has 0 spiro atoms. The summed E-state index contributed by atoms with van der Waals surface area (Å²) >= 11 is 0. The first-order valence-electron chi connectivity index (χ1n) is 7.21. The Balaban J connectivity index is 1.81. The number of anilines is 1. The van der Waals surface area contributed by atoms with Crippen molar-refractivity contribution in [1.29, 1.82) is 0 Å². The van der Waals surface area contributed by atoms with Gasteiger partial charge < -0.3 is 10.3 Å². The number of H-pyrrole nitrogens is 1. The Bertz CT molecular complexity index is 809. The zero-order valence-corrected chi connectivity index (χ0v) is 12.0. The molecule has 1 saturated carbocycles. The van der Waals surface area contributed by atoms with Crippen molar-refractivity contribution < 1.29 is 18.0 Å². The van der Waals surface area contributed by atoms with Crippen LogP contribution in [0.25, 0.3) is 10.9 Å². The van der Waals surface area contributed by atoms with Crippen molar-refractivity contribution in [2.75, 3.05) is 5.32 Å². The van der Waals surface area contributed by atoms with E-state index >= 15 is 0 Å². The average Bonchev–Trinajstić information content (AvgIpc) is 2.48. The predicted molar refractivity (Wildman–Crippen MR) is 77.9 cm³/mol. The smallest absolute Gasteiger partial charge is 0.258 e. The van der Waals surface area contributed by atoms with Gasteiger partial charge in [0.15, 0.2) is 0 Å². The van der Waals surface area contributed by atoms with Crippen LogP contribution in [-0.4, -0.2) is 21.8 Å². The number of halogens is 3. The first-order chi connectivity index (χ1) is 10.9. The summed E-state index contributed by atoms with van der Waals surface area (Å²) in [5, 5.41) is 2.53. The summed E-state index contributed by atoms with van der Waals surface area (Å²) in [7, 11) is 0. The van der Waals surface area contributed by atoms with Crippen LogP contribution in [0.3, 0.4) is 0 Å². The van der Waals surface area contributed by atoms with E-state index in [9.17, 15) is 22.8 Å². The summed E-state index contributed by atoms with van der Waals surface area (Å²) in [4.78, 5) is 30.0. The molecule has 5 nitrogen and oxygen atoms in total. The monoisotopic (exact) mass is 325 g/mol. The molecule has 2 aromatic rings. The number of aromatic nitrogens is 2. The molecule has 8 heteroatoms. The Morgan fingerprint density at radius 1 is 1.30 bits per heavy atom. The number of carbonyl (C=O) groups is 1. The fourth-order valence-corrected chi connectivity index (χ4v) is 2.72. The van der Waals surface area contributed by atoms with Crippen LogP contribution in [0.2, 0.25) is 0 Å². The lowest BCUT2D eigenvalue weighted by Gasteiger charge is -2.27. The molecule has 2 N–H and O–H groups in total. The van der Waals surface area contributed by atoms with Crippen molar-refractivity contribution in [2.45, 2.75) is 31.6 Å². The minimum Gasteiger partial charge on any atom is -0.323 e. The lowest BCUT2D eigenvalue weighted by molar-refractivity contribution is -0.124. The minimum absolute atomic E-state index is 0.0518. The van der Waals surface area contributed by atoms with Crippen LogP contribution in [-0.2, 0) is 4.79 Å². The van der Waals surface area contributed by atoms with Crippen LogP contribution in [0.15, 0.2) is 23.3 Å². The van der Waals surface area contributed by atoms with Gasteiger partial charge in [-0.1, -0.05) is 0 Å². The molecule has 0 saturated heterocycles. The molecule has 0 radical (unpaired) electrons. The van der Waals surface area contributed by atoms with Gasteiger partial charge in [0.25, 0.3) is 5.56 Å². The van der Waals surface area contributed by atoms with Crippen molar-refractivity contribution >= 4 is 22.5 Å². The van der Waals surface area contributed by atoms with Gasteiger partial charge in [0.05, 0.1) is 22.9 Å². The van der Waals surface area contributed by atoms with Crippen LogP contribution in [0, 0.1) is 11.7 Å². The standard InChI is InChI=1S/C15H14F3N3O2/c16-10-6-11-9(14(23)20-7-19-11)5-12(10)21-13(22)8-1-3-15(17,18)4-2-8/h5-8H,1-4H2,(H,21,22)(H,19,20,23). The topological polar surface area (TPSA) is 74.8 Å². The van der Waals surface area contributed by atoms with Gasteiger partial charge in [-0.2, -0.15) is 0 Å². The van der Waals surface area contributed by atoms with E-state index in [0.29, 0.717) is 0 Å². The van der Waals surface area contributed by atoms with Gasteiger partial charge in [0.1, 0.15) is 5.82 Å². The van der Waals surface area contributed by atoms with E-state index in [0.717, 1.165) is 12.4 Å². The van der Waals surface area contributed by atoms with E-state index in [1.54, 1.807) is 0 Å². The molecule has 122 valence electrons. The van der Waals surface area contributed by atoms with Crippen molar-refractivity contribution in [3.63, 3.8) is 0 Å². The van der Waals surface area contributed by atoms with E-state index in [4.69, 9.17) is 0 Å². The van der Waals surface area contributed by atoms with Crippen LogP contribution in [0.4, 0.5) is 18.9 Å². The van der Waals surface area contributed by atoms with Gasteiger partial charge in [-0.15, -0.1) is 0 Å². The molecule has 1 fully saturated rings. The third-order valence-corrected chi connectivity index (χ3v) is 4.08. The number of rotatable bonds is 2. The normalized spacial score (nSPS) is 18.0. The first-order valence-corrected chi connectivity index (χ1v) is 7.21. The molecule has 1 aromatic carbocycles. The SMILES string of the molecule is O=C(Nc1cc2c(=O)[nH]cnc2cc1F)C1CCC(F)(F)CC1. The van der Waals surface area contributed by atoms with Crippen LogP contribution in [0.5, 0.6) is 0 Å². The highest BCUT2D eigenvalue weighted by Crippen LogP contribution is 2.36. The number of nitrogens with zero attached hydrogens (tertiary/aromatic N) is 1. The average molecular weight is 325 g/mol. The van der Waals surface area contributed by atoms with Crippen LogP contribution in [0.1, 0.15) is 25.7 Å². The molecule has 0 atom stereocenters. The third kappa shape index (κ3) is 3.20. The summed E-state index contributed by atoms with van der Waals surface area (Å²) in [6, 6.07) is 2.25. The van der Waals surface area contributed by atoms with Crippen molar-refractivity contribution in [3.8, 4) is 0 Å². The number of fused-ring (bicyclic) bond motifs is 1. The summed E-state index contributed by atoms with van der Waals surface area (Å²) in [5.74, 6) is -4.56. The summed E-state index contributed by atoms with van der Waals surface area (Å²) in [5.41, 5.74) is -0.442. The van der Waals surface area contributed by atoms with E-state index < -0.39 is 29.1 Å². The summed E-state index contributed by atoms with van der Waals surface area (Å²) in [6.45, 7) is 0. The van der Waals surface area contributed by atoms with E-state index in [1.165, 1.54) is 6.07 Å². The summed E-state index contributed by atoms with van der Waals surface area (Å²) in [6.07, 6.45) is 0.556. The molecule has 3 rings (SSSR count). The molecule has 0 bridgehead atoms. The van der Waals surface area contributed by atoms with Crippen LogP contribution >= 0.6 is 0 Å². The molecule has 1 amide bonds. The van der Waals surface area contributed by atoms with Gasteiger partial charge in [0, 0.05) is 24.8 Å². The van der Waals surface area contributed by atoms with Gasteiger partial charge in [-0.25, -0.2) is 18.2 Å². The Labute approximate surface area is 128 Å². The first kappa shape index (κ1) is 15.5. The Hall–Kier alpha value is -2.38. The third-order valence-electron chi connectivity index (χ3n) is 4.08. The molecule has 1 aromatic heterocycles. The zero-order valence-electron chi connectivity index (χ0n) is 12.0. The van der Waals surface area contributed by atoms with E-state index in [-0.39, 0.29) is 42.3 Å². The number of nitrogens with one attached hydrogen (secondary N) is 2. The lowest BCUT2D eigenvalue weighted by Crippen LogP contribution is -2.32. The number of aromatic amines is 1. The number of hydrogen-bond donors (Lipinski definition) is 2. The molecular weight excluding hydrogens is 311 g/mol. The van der Waals surface area contributed by atoms with E-state index in [1.807, 2.05) is 0 Å². The van der Waals surface area contributed by atoms with Gasteiger partial charge >= 0.3 is 0 Å². The minimum atomic E-state index is -2.73. The Kier molecular flexibility index (Phi) is 3.83. The quantitative estimate of drug-likeness (QED) is 0.891. The van der Waals surface area contributed by atoms with Crippen molar-refractivity contribution in [2.24, 2.45) is 5.92 Å². The second-order valence-electron chi connectivity index (χ2n) is 5.70. The largest absolute Gasteiger partial charge is 0.323 e. The highest BCUT2D eigenvalue weighted by Gasteiger charge is 2.37. The Morgan fingerprint density at radius 2 is 2.00 bits per heavy atom. The lowest BCUT2D eigenvalue weighted by atomic mass is 9.86. The zero-order chi connectivity index (χ0) is 16.6. The highest BCUT2D eigenvalue weighted by atomic mass is 19.3. The van der Waals surface area contributed by atoms with Crippen LogP contribution < -0.4 is 10.9 Å². The summed E-state index contributed by atoms with van der Waals surface area (Å²) < 4.78 is 40.2. The van der Waals surface area contributed by atoms with Gasteiger partial charge in [-0.3, -0.25) is 9.59 Å². The maximum Gasteiger partial charge on any atom is 0.258 e. The molecule has 0 unspecified atom stereocenters. The number of amides is 1.